The van der Waals surface area contributed by atoms with Gasteiger partial charge in [0.15, 0.2) is 0 Å². The van der Waals surface area contributed by atoms with Gasteiger partial charge in [-0.2, -0.15) is 13.2 Å². The van der Waals surface area contributed by atoms with Crippen molar-refractivity contribution in [3.63, 3.8) is 0 Å². The Balaban J connectivity index is 1.53. The number of pyridine rings is 1. The van der Waals surface area contributed by atoms with E-state index >= 15 is 0 Å². The van der Waals surface area contributed by atoms with Gasteiger partial charge in [-0.25, -0.2) is 4.98 Å². The zero-order valence-electron chi connectivity index (χ0n) is 18.6. The Bertz CT molecular complexity index is 1180. The van der Waals surface area contributed by atoms with E-state index in [1.165, 1.54) is 0 Å². The SMILES string of the molecule is CNc1ccccc1C(=O)NC1CCC(c2c(C)ccc3nc(C(F)(F)F)cc(N)c23)CC1. The number of hydrogen-bond acceptors (Lipinski definition) is 4. The first-order valence-electron chi connectivity index (χ1n) is 11.0. The Labute approximate surface area is 190 Å². The Morgan fingerprint density at radius 2 is 1.79 bits per heavy atom. The summed E-state index contributed by atoms with van der Waals surface area (Å²) in [5.74, 6) is 0.0325. The zero-order chi connectivity index (χ0) is 23.8. The lowest BCUT2D eigenvalue weighted by Gasteiger charge is -2.31. The van der Waals surface area contributed by atoms with Crippen LogP contribution in [0.5, 0.6) is 0 Å². The second-order valence-electron chi connectivity index (χ2n) is 8.60. The minimum atomic E-state index is -4.55. The number of benzene rings is 2. The summed E-state index contributed by atoms with van der Waals surface area (Å²) in [4.78, 5) is 16.6. The first-order valence-corrected chi connectivity index (χ1v) is 11.0. The van der Waals surface area contributed by atoms with Crippen LogP contribution in [0.3, 0.4) is 0 Å². The summed E-state index contributed by atoms with van der Waals surface area (Å²) in [6.07, 6.45) is -1.38. The van der Waals surface area contributed by atoms with Crippen LogP contribution in [0.25, 0.3) is 10.9 Å². The van der Waals surface area contributed by atoms with E-state index in [0.29, 0.717) is 10.9 Å². The van der Waals surface area contributed by atoms with Gasteiger partial charge in [0.25, 0.3) is 5.91 Å². The molecule has 5 nitrogen and oxygen atoms in total. The molecule has 4 N–H and O–H groups in total. The molecule has 8 heteroatoms. The summed E-state index contributed by atoms with van der Waals surface area (Å²) >= 11 is 0. The molecule has 0 atom stereocenters. The third-order valence-corrected chi connectivity index (χ3v) is 6.47. The number of aryl methyl sites for hydroxylation is 1. The van der Waals surface area contributed by atoms with E-state index in [2.05, 4.69) is 15.6 Å². The Morgan fingerprint density at radius 3 is 2.45 bits per heavy atom. The first-order chi connectivity index (χ1) is 15.7. The maximum Gasteiger partial charge on any atom is 0.433 e. The number of alkyl halides is 3. The minimum absolute atomic E-state index is 0.0428. The number of para-hydroxylation sites is 1. The summed E-state index contributed by atoms with van der Waals surface area (Å²) < 4.78 is 39.6. The largest absolute Gasteiger partial charge is 0.433 e. The molecule has 0 bridgehead atoms. The number of carbonyl (C=O) groups excluding carboxylic acids is 1. The number of aromatic nitrogens is 1. The van der Waals surface area contributed by atoms with E-state index in [1.54, 1.807) is 19.2 Å². The smallest absolute Gasteiger partial charge is 0.398 e. The third kappa shape index (κ3) is 4.60. The molecular formula is C25H27F3N4O. The molecule has 0 saturated heterocycles. The van der Waals surface area contributed by atoms with Crippen LogP contribution in [-0.2, 0) is 6.18 Å². The van der Waals surface area contributed by atoms with E-state index in [-0.39, 0.29) is 29.1 Å². The summed E-state index contributed by atoms with van der Waals surface area (Å²) in [6.45, 7) is 1.95. The number of fused-ring (bicyclic) bond motifs is 1. The average molecular weight is 457 g/mol. The van der Waals surface area contributed by atoms with Gasteiger partial charge < -0.3 is 16.4 Å². The lowest BCUT2D eigenvalue weighted by Crippen LogP contribution is -2.37. The standard InChI is InChI=1S/C25H27F3N4O/c1-14-7-12-20-23(18(29)13-21(32-20)25(26,27)28)22(14)15-8-10-16(11-9-15)31-24(33)17-5-3-4-6-19(17)30-2/h3-7,12-13,15-16,30H,8-11H2,1-2H3,(H2,29,32)(H,31,33). The first kappa shape index (κ1) is 22.9. The van der Waals surface area contributed by atoms with E-state index in [9.17, 15) is 18.0 Å². The van der Waals surface area contributed by atoms with Crippen molar-refractivity contribution in [3.8, 4) is 0 Å². The highest BCUT2D eigenvalue weighted by molar-refractivity contribution is 5.99. The quantitative estimate of drug-likeness (QED) is 0.475. The fourth-order valence-corrected chi connectivity index (χ4v) is 4.85. The summed E-state index contributed by atoms with van der Waals surface area (Å²) in [5.41, 5.74) is 8.84. The molecule has 1 fully saturated rings. The maximum absolute atomic E-state index is 13.2. The fraction of sp³-hybridized carbons (Fsp3) is 0.360. The molecule has 33 heavy (non-hydrogen) atoms. The molecule has 1 amide bonds. The average Bonchev–Trinajstić information content (AvgIpc) is 2.79. The molecule has 3 aromatic rings. The Hall–Kier alpha value is -3.29. The number of nitrogens with two attached hydrogens (primary N) is 1. The van der Waals surface area contributed by atoms with Gasteiger partial charge in [-0.15, -0.1) is 0 Å². The maximum atomic E-state index is 13.2. The highest BCUT2D eigenvalue weighted by atomic mass is 19.4. The highest BCUT2D eigenvalue weighted by Crippen LogP contribution is 2.41. The monoisotopic (exact) mass is 456 g/mol. The fourth-order valence-electron chi connectivity index (χ4n) is 4.85. The van der Waals surface area contributed by atoms with E-state index < -0.39 is 11.9 Å². The van der Waals surface area contributed by atoms with E-state index in [1.807, 2.05) is 31.2 Å². The molecule has 1 saturated carbocycles. The molecule has 2 aromatic carbocycles. The number of hydrogen-bond donors (Lipinski definition) is 3. The zero-order valence-corrected chi connectivity index (χ0v) is 18.6. The van der Waals surface area contributed by atoms with Gasteiger partial charge in [-0.05, 0) is 73.9 Å². The number of amides is 1. The van der Waals surface area contributed by atoms with Crippen LogP contribution in [-0.4, -0.2) is 24.0 Å². The molecule has 174 valence electrons. The number of carbonyl (C=O) groups is 1. The summed E-state index contributed by atoms with van der Waals surface area (Å²) in [5, 5.41) is 6.77. The number of anilines is 2. The summed E-state index contributed by atoms with van der Waals surface area (Å²) in [7, 11) is 1.78. The Morgan fingerprint density at radius 1 is 1.09 bits per heavy atom. The molecule has 0 aliphatic heterocycles. The molecular weight excluding hydrogens is 429 g/mol. The molecule has 1 aliphatic rings. The second kappa shape index (κ2) is 8.92. The number of nitrogens with one attached hydrogen (secondary N) is 2. The highest BCUT2D eigenvalue weighted by Gasteiger charge is 2.34. The van der Waals surface area contributed by atoms with Gasteiger partial charge in [0.2, 0.25) is 0 Å². The number of nitrogens with zero attached hydrogens (tertiary/aromatic N) is 1. The van der Waals surface area contributed by atoms with Gasteiger partial charge in [0.05, 0.1) is 11.1 Å². The molecule has 1 aromatic heterocycles. The van der Waals surface area contributed by atoms with Crippen molar-refractivity contribution in [3.05, 3.63) is 64.8 Å². The number of halogens is 3. The van der Waals surface area contributed by atoms with Crippen molar-refractivity contribution < 1.29 is 18.0 Å². The van der Waals surface area contributed by atoms with Gasteiger partial charge >= 0.3 is 6.18 Å². The third-order valence-electron chi connectivity index (χ3n) is 6.47. The van der Waals surface area contributed by atoms with Crippen LogP contribution >= 0.6 is 0 Å². The second-order valence-corrected chi connectivity index (χ2v) is 8.60. The van der Waals surface area contributed by atoms with Crippen molar-refractivity contribution in [1.29, 1.82) is 0 Å². The van der Waals surface area contributed by atoms with Gasteiger partial charge in [-0.3, -0.25) is 4.79 Å². The van der Waals surface area contributed by atoms with Crippen LogP contribution in [0.15, 0.2) is 42.5 Å². The molecule has 1 heterocycles. The van der Waals surface area contributed by atoms with Crippen molar-refractivity contribution in [2.75, 3.05) is 18.1 Å². The summed E-state index contributed by atoms with van der Waals surface area (Å²) in [6, 6.07) is 11.7. The lowest BCUT2D eigenvalue weighted by molar-refractivity contribution is -0.140. The van der Waals surface area contributed by atoms with Crippen molar-refractivity contribution in [2.45, 2.75) is 50.7 Å². The van der Waals surface area contributed by atoms with Crippen molar-refractivity contribution >= 4 is 28.2 Å². The molecule has 0 spiro atoms. The topological polar surface area (TPSA) is 80.0 Å². The van der Waals surface area contributed by atoms with Crippen molar-refractivity contribution in [1.82, 2.24) is 10.3 Å². The molecule has 0 radical (unpaired) electrons. The van der Waals surface area contributed by atoms with Crippen LogP contribution in [0, 0.1) is 6.92 Å². The van der Waals surface area contributed by atoms with Crippen LogP contribution < -0.4 is 16.4 Å². The predicted octanol–water partition coefficient (Wildman–Crippen LogP) is 5.64. The molecule has 0 unspecified atom stereocenters. The number of rotatable bonds is 4. The van der Waals surface area contributed by atoms with E-state index in [0.717, 1.165) is 48.6 Å². The van der Waals surface area contributed by atoms with Gasteiger partial charge in [-0.1, -0.05) is 18.2 Å². The normalized spacial score (nSPS) is 18.8. The molecule has 4 rings (SSSR count). The van der Waals surface area contributed by atoms with Gasteiger partial charge in [0.1, 0.15) is 5.69 Å². The lowest BCUT2D eigenvalue weighted by atomic mass is 9.78. The number of nitrogen functional groups attached to an aromatic ring is 1. The van der Waals surface area contributed by atoms with Crippen LogP contribution in [0.4, 0.5) is 24.5 Å². The van der Waals surface area contributed by atoms with Crippen molar-refractivity contribution in [2.24, 2.45) is 0 Å². The molecule has 1 aliphatic carbocycles. The minimum Gasteiger partial charge on any atom is -0.398 e. The predicted molar refractivity (Wildman–Crippen MR) is 124 cm³/mol. The van der Waals surface area contributed by atoms with Crippen LogP contribution in [0.2, 0.25) is 0 Å². The Kier molecular flexibility index (Phi) is 6.19. The van der Waals surface area contributed by atoms with E-state index in [4.69, 9.17) is 5.73 Å². The van der Waals surface area contributed by atoms with Gasteiger partial charge in [0, 0.05) is 29.9 Å². The van der Waals surface area contributed by atoms with Crippen LogP contribution in [0.1, 0.15) is 58.8 Å².